The van der Waals surface area contributed by atoms with E-state index in [1.807, 2.05) is 0 Å². The second kappa shape index (κ2) is 6.42. The summed E-state index contributed by atoms with van der Waals surface area (Å²) in [6.45, 7) is 13.1. The Kier molecular flexibility index (Phi) is 4.31. The molecule has 0 amide bonds. The summed E-state index contributed by atoms with van der Waals surface area (Å²) >= 11 is 0. The molecule has 126 valence electrons. The molecule has 1 spiro atoms. The molecule has 3 saturated heterocycles. The quantitative estimate of drug-likeness (QED) is 0.918. The minimum Gasteiger partial charge on any atom is -0.369 e. The fraction of sp³-hybridized carbons (Fsp3) is 0.684. The van der Waals surface area contributed by atoms with Crippen LogP contribution in [0.4, 0.5) is 5.69 Å². The zero-order valence-electron chi connectivity index (χ0n) is 14.4. The molecule has 0 atom stereocenters. The molecule has 1 aromatic carbocycles. The van der Waals surface area contributed by atoms with Gasteiger partial charge in [0, 0.05) is 45.0 Å². The van der Waals surface area contributed by atoms with Crippen LogP contribution in [0.25, 0.3) is 0 Å². The van der Waals surface area contributed by atoms with Gasteiger partial charge in [-0.3, -0.25) is 9.80 Å². The maximum absolute atomic E-state index is 3.46. The number of hydrogen-bond donors (Lipinski definition) is 1. The van der Waals surface area contributed by atoms with Crippen LogP contribution >= 0.6 is 0 Å². The monoisotopic (exact) mass is 314 g/mol. The van der Waals surface area contributed by atoms with Crippen LogP contribution in [0.15, 0.2) is 24.3 Å². The predicted molar refractivity (Wildman–Crippen MR) is 95.9 cm³/mol. The van der Waals surface area contributed by atoms with Gasteiger partial charge in [-0.15, -0.1) is 0 Å². The highest BCUT2D eigenvalue weighted by molar-refractivity contribution is 5.47. The number of aryl methyl sites for hydroxylation is 1. The van der Waals surface area contributed by atoms with E-state index >= 15 is 0 Å². The highest BCUT2D eigenvalue weighted by Crippen LogP contribution is 2.34. The Morgan fingerprint density at radius 2 is 1.48 bits per heavy atom. The van der Waals surface area contributed by atoms with Gasteiger partial charge in [0.15, 0.2) is 0 Å². The van der Waals surface area contributed by atoms with Crippen LogP contribution in [0, 0.1) is 12.3 Å². The molecule has 4 heteroatoms. The van der Waals surface area contributed by atoms with Crippen molar-refractivity contribution < 1.29 is 0 Å². The van der Waals surface area contributed by atoms with Crippen molar-refractivity contribution in [3.63, 3.8) is 0 Å². The Balaban J connectivity index is 1.23. The van der Waals surface area contributed by atoms with E-state index in [9.17, 15) is 0 Å². The molecule has 0 saturated carbocycles. The summed E-state index contributed by atoms with van der Waals surface area (Å²) in [5.74, 6) is 0. The van der Waals surface area contributed by atoms with Crippen molar-refractivity contribution in [2.45, 2.75) is 19.8 Å². The summed E-state index contributed by atoms with van der Waals surface area (Å²) < 4.78 is 0. The standard InChI is InChI=1S/C19H30N4/c1-17-2-4-18(5-3-17)23-12-10-22(11-13-23)16-21-8-6-19(7-9-21)14-20-15-19/h2-5,20H,6-16H2,1H3. The lowest BCUT2D eigenvalue weighted by atomic mass is 9.73. The number of piperazine rings is 1. The van der Waals surface area contributed by atoms with Crippen molar-refractivity contribution in [1.29, 1.82) is 0 Å². The maximum Gasteiger partial charge on any atom is 0.0507 e. The fourth-order valence-corrected chi connectivity index (χ4v) is 4.19. The molecule has 0 radical (unpaired) electrons. The maximum atomic E-state index is 3.46. The van der Waals surface area contributed by atoms with Crippen LogP contribution in [0.5, 0.6) is 0 Å². The molecule has 0 aliphatic carbocycles. The van der Waals surface area contributed by atoms with Crippen molar-refractivity contribution in [1.82, 2.24) is 15.1 Å². The molecule has 4 rings (SSSR count). The van der Waals surface area contributed by atoms with E-state index in [0.717, 1.165) is 13.1 Å². The first-order valence-electron chi connectivity index (χ1n) is 9.20. The highest BCUT2D eigenvalue weighted by atomic mass is 15.4. The third-order valence-corrected chi connectivity index (χ3v) is 6.09. The van der Waals surface area contributed by atoms with E-state index in [-0.39, 0.29) is 0 Å². The average molecular weight is 314 g/mol. The third kappa shape index (κ3) is 3.39. The molecule has 1 N–H and O–H groups in total. The van der Waals surface area contributed by atoms with Crippen molar-refractivity contribution in [3.05, 3.63) is 29.8 Å². The number of nitrogens with zero attached hydrogens (tertiary/aromatic N) is 3. The van der Waals surface area contributed by atoms with Crippen molar-refractivity contribution in [2.24, 2.45) is 5.41 Å². The minimum atomic E-state index is 0.667. The van der Waals surface area contributed by atoms with Crippen LogP contribution in [0.2, 0.25) is 0 Å². The van der Waals surface area contributed by atoms with Gasteiger partial charge in [0.05, 0.1) is 6.67 Å². The first-order valence-corrected chi connectivity index (χ1v) is 9.20. The lowest BCUT2D eigenvalue weighted by Crippen LogP contribution is -2.59. The van der Waals surface area contributed by atoms with Gasteiger partial charge in [0.1, 0.15) is 0 Å². The molecule has 3 heterocycles. The van der Waals surface area contributed by atoms with Gasteiger partial charge >= 0.3 is 0 Å². The van der Waals surface area contributed by atoms with Crippen molar-refractivity contribution >= 4 is 5.69 Å². The highest BCUT2D eigenvalue weighted by Gasteiger charge is 2.39. The molecular formula is C19H30N4. The number of piperidine rings is 1. The molecule has 3 aliphatic rings. The summed E-state index contributed by atoms with van der Waals surface area (Å²) in [6, 6.07) is 8.98. The Labute approximate surface area is 140 Å². The Morgan fingerprint density at radius 3 is 2.04 bits per heavy atom. The van der Waals surface area contributed by atoms with Crippen LogP contribution in [0.3, 0.4) is 0 Å². The van der Waals surface area contributed by atoms with E-state index in [1.54, 1.807) is 0 Å². The van der Waals surface area contributed by atoms with Gasteiger partial charge in [0.2, 0.25) is 0 Å². The van der Waals surface area contributed by atoms with E-state index in [4.69, 9.17) is 0 Å². The molecule has 4 nitrogen and oxygen atoms in total. The SMILES string of the molecule is Cc1ccc(N2CCN(CN3CCC4(CC3)CNC4)CC2)cc1. The largest absolute Gasteiger partial charge is 0.369 e. The minimum absolute atomic E-state index is 0.667. The van der Waals surface area contributed by atoms with E-state index < -0.39 is 0 Å². The summed E-state index contributed by atoms with van der Waals surface area (Å²) in [5, 5.41) is 3.46. The normalized spacial score (nSPS) is 25.5. The van der Waals surface area contributed by atoms with Gasteiger partial charge in [-0.1, -0.05) is 17.7 Å². The smallest absolute Gasteiger partial charge is 0.0507 e. The second-order valence-corrected chi connectivity index (χ2v) is 7.80. The molecular weight excluding hydrogens is 284 g/mol. The van der Waals surface area contributed by atoms with Crippen LogP contribution in [0.1, 0.15) is 18.4 Å². The number of benzene rings is 1. The molecule has 3 fully saturated rings. The zero-order valence-corrected chi connectivity index (χ0v) is 14.4. The summed E-state index contributed by atoms with van der Waals surface area (Å²) in [7, 11) is 0. The average Bonchev–Trinajstić information content (AvgIpc) is 2.56. The van der Waals surface area contributed by atoms with E-state index in [2.05, 4.69) is 51.2 Å². The summed E-state index contributed by atoms with van der Waals surface area (Å²) in [5.41, 5.74) is 3.39. The van der Waals surface area contributed by atoms with Crippen molar-refractivity contribution in [2.75, 3.05) is 63.9 Å². The second-order valence-electron chi connectivity index (χ2n) is 7.80. The molecule has 0 bridgehead atoms. The Bertz CT molecular complexity index is 505. The fourth-order valence-electron chi connectivity index (χ4n) is 4.19. The number of hydrogen-bond acceptors (Lipinski definition) is 4. The Hall–Kier alpha value is -1.10. The molecule has 0 aromatic heterocycles. The predicted octanol–water partition coefficient (Wildman–Crippen LogP) is 1.76. The topological polar surface area (TPSA) is 21.8 Å². The zero-order chi connectivity index (χ0) is 15.7. The number of rotatable bonds is 3. The molecule has 1 aromatic rings. The van der Waals surface area contributed by atoms with Crippen LogP contribution in [-0.2, 0) is 0 Å². The van der Waals surface area contributed by atoms with Gasteiger partial charge in [-0.05, 0) is 50.4 Å². The lowest BCUT2D eigenvalue weighted by molar-refractivity contribution is 0.0251. The first-order chi connectivity index (χ1) is 11.2. The summed E-state index contributed by atoms with van der Waals surface area (Å²) in [4.78, 5) is 7.84. The summed E-state index contributed by atoms with van der Waals surface area (Å²) in [6.07, 6.45) is 2.78. The molecule has 0 unspecified atom stereocenters. The van der Waals surface area contributed by atoms with Crippen molar-refractivity contribution in [3.8, 4) is 0 Å². The van der Waals surface area contributed by atoms with E-state index in [1.165, 1.54) is 70.0 Å². The molecule has 3 aliphatic heterocycles. The van der Waals surface area contributed by atoms with Gasteiger partial charge in [-0.25, -0.2) is 0 Å². The van der Waals surface area contributed by atoms with Gasteiger partial charge in [0.25, 0.3) is 0 Å². The third-order valence-electron chi connectivity index (χ3n) is 6.09. The number of likely N-dealkylation sites (tertiary alicyclic amines) is 1. The molecule has 23 heavy (non-hydrogen) atoms. The lowest BCUT2D eigenvalue weighted by Gasteiger charge is -2.49. The van der Waals surface area contributed by atoms with Crippen LogP contribution in [-0.4, -0.2) is 68.8 Å². The van der Waals surface area contributed by atoms with Gasteiger partial charge < -0.3 is 10.2 Å². The van der Waals surface area contributed by atoms with E-state index in [0.29, 0.717) is 5.41 Å². The number of nitrogens with one attached hydrogen (secondary N) is 1. The van der Waals surface area contributed by atoms with Crippen LogP contribution < -0.4 is 10.2 Å². The Morgan fingerprint density at radius 1 is 0.870 bits per heavy atom. The number of anilines is 1. The van der Waals surface area contributed by atoms with Gasteiger partial charge in [-0.2, -0.15) is 0 Å². The first kappa shape index (κ1) is 15.4.